The number of nitrogens with zero attached hydrogens (tertiary/aromatic N) is 5. The molecule has 63 heavy (non-hydrogen) atoms. The molecule has 0 saturated heterocycles. The lowest BCUT2D eigenvalue weighted by molar-refractivity contribution is 0.304. The van der Waals surface area contributed by atoms with Gasteiger partial charge in [-0.25, -0.2) is 4.99 Å². The number of nitrogens with one attached hydrogen (secondary N) is 1. The average molecular weight is 817 g/mol. The standard InChI is InChI=1S/C57H48N6/c1-58-54(40-20-6-3-7-21-40)48-31-16-17-32-50(48)59-37-63-51-34-33-39-19-12-14-29-46(39)53(51)49-36-42-24-13-15-30-47(42)52(55(49)63)43-25-18-28-45(35-43)57(44-26-10-5-11-27-44)60-38-62(2)56(61-57)41-22-8-4-9-23-41/h3,5-8,10-32,35-36,60H,1,4,9,33-34,37-38H2,2H3/b54-48-,59-50-. The van der Waals surface area contributed by atoms with Gasteiger partial charge in [-0.1, -0.05) is 164 Å². The van der Waals surface area contributed by atoms with E-state index in [2.05, 4.69) is 197 Å². The fourth-order valence-corrected chi connectivity index (χ4v) is 10.1. The summed E-state index contributed by atoms with van der Waals surface area (Å²) in [4.78, 5) is 18.0. The van der Waals surface area contributed by atoms with Crippen molar-refractivity contribution >= 4 is 45.6 Å². The first-order valence-electron chi connectivity index (χ1n) is 22.0. The zero-order valence-electron chi connectivity index (χ0n) is 35.5. The maximum atomic E-state index is 5.71. The Kier molecular flexibility index (Phi) is 9.86. The minimum absolute atomic E-state index is 0.438. The van der Waals surface area contributed by atoms with Crippen molar-refractivity contribution in [3.8, 4) is 22.3 Å². The van der Waals surface area contributed by atoms with Crippen LogP contribution < -0.4 is 5.32 Å². The van der Waals surface area contributed by atoms with E-state index < -0.39 is 5.66 Å². The van der Waals surface area contributed by atoms with Crippen LogP contribution in [0.4, 0.5) is 0 Å². The predicted molar refractivity (Wildman–Crippen MR) is 263 cm³/mol. The number of amidine groups is 1. The first kappa shape index (κ1) is 38.5. The van der Waals surface area contributed by atoms with Crippen molar-refractivity contribution in [1.82, 2.24) is 14.8 Å². The lowest BCUT2D eigenvalue weighted by Crippen LogP contribution is -2.54. The van der Waals surface area contributed by atoms with Gasteiger partial charge in [-0.05, 0) is 89.2 Å². The molecule has 6 heteroatoms. The van der Waals surface area contributed by atoms with Crippen molar-refractivity contribution in [1.29, 1.82) is 0 Å². The molecule has 11 rings (SSSR count). The Morgan fingerprint density at radius 2 is 1.52 bits per heavy atom. The highest BCUT2D eigenvalue weighted by molar-refractivity contribution is 6.18. The third kappa shape index (κ3) is 6.66. The Bertz CT molecular complexity index is 3170. The Morgan fingerprint density at radius 1 is 0.746 bits per heavy atom. The monoisotopic (exact) mass is 816 g/mol. The maximum absolute atomic E-state index is 5.71. The van der Waals surface area contributed by atoms with E-state index in [4.69, 9.17) is 9.98 Å². The van der Waals surface area contributed by atoms with Gasteiger partial charge in [-0.15, -0.1) is 0 Å². The summed E-state index contributed by atoms with van der Waals surface area (Å²) in [7, 11) is 2.12. The molecule has 0 bridgehead atoms. The Balaban J connectivity index is 1.16. The molecule has 1 atom stereocenters. The Morgan fingerprint density at radius 3 is 2.37 bits per heavy atom. The largest absolute Gasteiger partial charge is 0.347 e. The minimum Gasteiger partial charge on any atom is -0.347 e. The molecule has 1 unspecified atom stereocenters. The second kappa shape index (κ2) is 16.1. The first-order chi connectivity index (χ1) is 31.1. The van der Waals surface area contributed by atoms with E-state index in [0.29, 0.717) is 13.3 Å². The normalized spacial score (nSPS) is 19.5. The van der Waals surface area contributed by atoms with Crippen LogP contribution in [0.3, 0.4) is 0 Å². The van der Waals surface area contributed by atoms with Crippen molar-refractivity contribution < 1.29 is 0 Å². The Hall–Kier alpha value is -7.41. The fraction of sp³-hybridized carbons (Fsp3) is 0.140. The zero-order valence-corrected chi connectivity index (χ0v) is 35.5. The van der Waals surface area contributed by atoms with E-state index in [9.17, 15) is 0 Å². The molecule has 1 aromatic heterocycles. The van der Waals surface area contributed by atoms with Gasteiger partial charge in [0, 0.05) is 46.0 Å². The van der Waals surface area contributed by atoms with Crippen molar-refractivity contribution in [2.45, 2.75) is 38.0 Å². The molecule has 0 spiro atoms. The van der Waals surface area contributed by atoms with E-state index in [0.717, 1.165) is 70.8 Å². The van der Waals surface area contributed by atoms with E-state index >= 15 is 0 Å². The molecule has 4 aliphatic rings. The van der Waals surface area contributed by atoms with E-state index in [1.165, 1.54) is 55.2 Å². The van der Waals surface area contributed by atoms with Gasteiger partial charge >= 0.3 is 0 Å². The summed E-state index contributed by atoms with van der Waals surface area (Å²) < 4.78 is 2.51. The third-order valence-corrected chi connectivity index (χ3v) is 13.1. The van der Waals surface area contributed by atoms with Crippen LogP contribution in [0.25, 0.3) is 49.6 Å². The number of likely N-dealkylation sites (N-methyl/N-ethyl adjacent to an activating group) is 1. The molecule has 0 fully saturated rings. The highest BCUT2D eigenvalue weighted by atomic mass is 15.4. The summed E-state index contributed by atoms with van der Waals surface area (Å²) >= 11 is 0. The molecule has 306 valence electrons. The van der Waals surface area contributed by atoms with Crippen LogP contribution >= 0.6 is 0 Å². The van der Waals surface area contributed by atoms with Crippen molar-refractivity contribution in [2.24, 2.45) is 15.0 Å². The van der Waals surface area contributed by atoms with Crippen molar-refractivity contribution in [3.05, 3.63) is 221 Å². The van der Waals surface area contributed by atoms with E-state index in [1.54, 1.807) is 0 Å². The number of benzene rings is 6. The van der Waals surface area contributed by atoms with Crippen LogP contribution in [0.15, 0.2) is 208 Å². The van der Waals surface area contributed by atoms with Gasteiger partial charge in [0.05, 0.1) is 23.6 Å². The molecule has 1 aliphatic heterocycles. The highest BCUT2D eigenvalue weighted by Crippen LogP contribution is 2.47. The summed E-state index contributed by atoms with van der Waals surface area (Å²) in [6.45, 7) is 5.08. The van der Waals surface area contributed by atoms with Crippen molar-refractivity contribution in [3.63, 3.8) is 0 Å². The summed E-state index contributed by atoms with van der Waals surface area (Å²) in [6.07, 6.45) is 19.1. The number of aryl methyl sites for hydroxylation is 1. The van der Waals surface area contributed by atoms with Crippen LogP contribution in [-0.4, -0.2) is 41.4 Å². The first-order valence-corrected chi connectivity index (χ1v) is 22.0. The molecular formula is C57H48N6. The van der Waals surface area contributed by atoms with Gasteiger partial charge in [0.1, 0.15) is 12.5 Å². The molecular weight excluding hydrogens is 769 g/mol. The average Bonchev–Trinajstić information content (AvgIpc) is 3.67. The number of hydrogen-bond donors (Lipinski definition) is 1. The number of rotatable bonds is 8. The topological polar surface area (TPSA) is 57.3 Å². The van der Waals surface area contributed by atoms with E-state index in [-0.39, 0.29) is 0 Å². The highest BCUT2D eigenvalue weighted by Gasteiger charge is 2.39. The summed E-state index contributed by atoms with van der Waals surface area (Å²) in [6, 6.07) is 50.3. The molecule has 3 aliphatic carbocycles. The van der Waals surface area contributed by atoms with Crippen LogP contribution in [0, 0.1) is 0 Å². The van der Waals surface area contributed by atoms with Crippen LogP contribution in [0.5, 0.6) is 0 Å². The zero-order chi connectivity index (χ0) is 42.3. The molecule has 0 saturated carbocycles. The number of aliphatic imine (C=N–C) groups is 3. The molecule has 0 amide bonds. The molecule has 1 N–H and O–H groups in total. The number of aromatic nitrogens is 1. The third-order valence-electron chi connectivity index (χ3n) is 13.1. The van der Waals surface area contributed by atoms with Gasteiger partial charge in [0.25, 0.3) is 0 Å². The lowest BCUT2D eigenvalue weighted by atomic mass is 9.85. The smallest absolute Gasteiger partial charge is 0.166 e. The van der Waals surface area contributed by atoms with E-state index in [1.807, 2.05) is 18.2 Å². The molecule has 6 nitrogen and oxygen atoms in total. The van der Waals surface area contributed by atoms with Gasteiger partial charge in [0.2, 0.25) is 0 Å². The molecule has 0 radical (unpaired) electrons. The second-order valence-corrected chi connectivity index (χ2v) is 16.7. The molecule has 6 aromatic carbocycles. The Labute approximate surface area is 369 Å². The molecule has 7 aromatic rings. The quantitative estimate of drug-likeness (QED) is 0.155. The molecule has 2 heterocycles. The predicted octanol–water partition coefficient (Wildman–Crippen LogP) is 12.2. The maximum Gasteiger partial charge on any atom is 0.166 e. The van der Waals surface area contributed by atoms with Gasteiger partial charge in [-0.2, -0.15) is 0 Å². The number of hydrogen-bond acceptors (Lipinski definition) is 5. The fourth-order valence-electron chi connectivity index (χ4n) is 10.1. The summed E-state index contributed by atoms with van der Waals surface area (Å²) in [5.41, 5.74) is 15.1. The summed E-state index contributed by atoms with van der Waals surface area (Å²) in [5.74, 6) is 0.993. The van der Waals surface area contributed by atoms with Crippen LogP contribution in [-0.2, 0) is 25.2 Å². The number of allylic oxidation sites excluding steroid dienone is 7. The SMILES string of the molecule is C=N/C(=C1/C=CC=C/C1=N/Cn1c2c(c3cc4ccccc4c(-c4cccc(C5(c6ccccc6)N=C(C6=CCCC=C6)N(C)CN5)c4)c31)-c1ccccc1CC2)c1ccccc1. The lowest BCUT2D eigenvalue weighted by Gasteiger charge is -2.41. The second-order valence-electron chi connectivity index (χ2n) is 16.7. The van der Waals surface area contributed by atoms with Gasteiger partial charge < -0.3 is 9.47 Å². The van der Waals surface area contributed by atoms with Crippen LogP contribution in [0.1, 0.15) is 40.8 Å². The van der Waals surface area contributed by atoms with Crippen molar-refractivity contribution in [2.75, 3.05) is 13.7 Å². The van der Waals surface area contributed by atoms with Gasteiger partial charge in [0.15, 0.2) is 5.66 Å². The van der Waals surface area contributed by atoms with Crippen LogP contribution in [0.2, 0.25) is 0 Å². The minimum atomic E-state index is -0.819. The summed E-state index contributed by atoms with van der Waals surface area (Å²) in [5, 5.41) is 7.58. The number of fused-ring (bicyclic) bond motifs is 6. The van der Waals surface area contributed by atoms with Gasteiger partial charge in [-0.3, -0.25) is 15.3 Å².